The summed E-state index contributed by atoms with van der Waals surface area (Å²) in [5.74, 6) is 0.0210. The van der Waals surface area contributed by atoms with E-state index in [9.17, 15) is 9.59 Å². The number of amides is 2. The molecule has 2 rings (SSSR count). The van der Waals surface area contributed by atoms with Crippen molar-refractivity contribution < 1.29 is 14.3 Å². The van der Waals surface area contributed by atoms with Crippen LogP contribution in [0.4, 0.5) is 5.69 Å². The number of ether oxygens (including phenoxy) is 1. The van der Waals surface area contributed by atoms with Crippen molar-refractivity contribution in [2.45, 2.75) is 26.7 Å². The molecule has 0 aliphatic heterocycles. The van der Waals surface area contributed by atoms with Gasteiger partial charge >= 0.3 is 0 Å². The van der Waals surface area contributed by atoms with Gasteiger partial charge in [-0.15, -0.1) is 0 Å². The number of nitrogens with one attached hydrogen (secondary N) is 2. The fourth-order valence-electron chi connectivity index (χ4n) is 2.39. The monoisotopic (exact) mass is 340 g/mol. The van der Waals surface area contributed by atoms with E-state index in [-0.39, 0.29) is 11.8 Å². The maximum absolute atomic E-state index is 12.6. The lowest BCUT2D eigenvalue weighted by Gasteiger charge is -2.13. The van der Waals surface area contributed by atoms with Crippen LogP contribution in [-0.2, 0) is 0 Å². The molecule has 5 nitrogen and oxygen atoms in total. The molecule has 0 aliphatic carbocycles. The maximum atomic E-state index is 12.6. The van der Waals surface area contributed by atoms with Gasteiger partial charge in [0, 0.05) is 6.54 Å². The minimum atomic E-state index is -0.308. The van der Waals surface area contributed by atoms with E-state index >= 15 is 0 Å². The molecule has 2 aromatic rings. The molecule has 0 saturated carbocycles. The van der Waals surface area contributed by atoms with Crippen molar-refractivity contribution in [1.82, 2.24) is 5.32 Å². The van der Waals surface area contributed by atoms with Gasteiger partial charge in [0.05, 0.1) is 23.4 Å². The second-order valence-corrected chi connectivity index (χ2v) is 5.54. The molecule has 0 fully saturated rings. The van der Waals surface area contributed by atoms with Gasteiger partial charge in [0.25, 0.3) is 11.8 Å². The van der Waals surface area contributed by atoms with Crippen LogP contribution in [0, 0.1) is 0 Å². The predicted molar refractivity (Wildman–Crippen MR) is 99.2 cm³/mol. The molecule has 0 heterocycles. The molecule has 0 saturated heterocycles. The number of hydrogen-bond acceptors (Lipinski definition) is 3. The summed E-state index contributed by atoms with van der Waals surface area (Å²) in [6.45, 7) is 5.02. The Morgan fingerprint density at radius 2 is 1.60 bits per heavy atom. The van der Waals surface area contributed by atoms with Gasteiger partial charge in [0.1, 0.15) is 5.75 Å². The van der Waals surface area contributed by atoms with Crippen LogP contribution in [0.1, 0.15) is 47.4 Å². The second-order valence-electron chi connectivity index (χ2n) is 5.54. The van der Waals surface area contributed by atoms with Crippen molar-refractivity contribution in [3.63, 3.8) is 0 Å². The van der Waals surface area contributed by atoms with Crippen LogP contribution in [0.5, 0.6) is 5.75 Å². The lowest BCUT2D eigenvalue weighted by Crippen LogP contribution is -2.26. The Balaban J connectivity index is 2.18. The molecule has 25 heavy (non-hydrogen) atoms. The van der Waals surface area contributed by atoms with Gasteiger partial charge in [-0.05, 0) is 37.6 Å². The minimum Gasteiger partial charge on any atom is -0.493 e. The summed E-state index contributed by atoms with van der Waals surface area (Å²) in [5, 5.41) is 5.69. The average Bonchev–Trinajstić information content (AvgIpc) is 2.63. The number of carbonyl (C=O) groups excluding carboxylic acids is 2. The fraction of sp³-hybridized carbons (Fsp3) is 0.300. The van der Waals surface area contributed by atoms with Gasteiger partial charge < -0.3 is 15.4 Å². The van der Waals surface area contributed by atoms with Crippen molar-refractivity contribution >= 4 is 17.5 Å². The zero-order valence-corrected chi connectivity index (χ0v) is 14.7. The SMILES string of the molecule is CCCCNC(=O)c1ccccc1NC(=O)c1ccccc1OCC. The highest BCUT2D eigenvalue weighted by atomic mass is 16.5. The summed E-state index contributed by atoms with van der Waals surface area (Å²) in [6.07, 6.45) is 1.93. The molecule has 2 aromatic carbocycles. The third-order valence-corrected chi connectivity index (χ3v) is 3.67. The Kier molecular flexibility index (Phi) is 7.01. The van der Waals surface area contributed by atoms with E-state index in [0.717, 1.165) is 12.8 Å². The van der Waals surface area contributed by atoms with Gasteiger partial charge in [-0.25, -0.2) is 0 Å². The minimum absolute atomic E-state index is 0.192. The van der Waals surface area contributed by atoms with Crippen molar-refractivity contribution in [2.24, 2.45) is 0 Å². The smallest absolute Gasteiger partial charge is 0.259 e. The van der Waals surface area contributed by atoms with Crippen LogP contribution < -0.4 is 15.4 Å². The predicted octanol–water partition coefficient (Wildman–Crippen LogP) is 3.87. The molecular weight excluding hydrogens is 316 g/mol. The van der Waals surface area contributed by atoms with Crippen molar-refractivity contribution in [1.29, 1.82) is 0 Å². The van der Waals surface area contributed by atoms with Crippen LogP contribution in [-0.4, -0.2) is 25.0 Å². The Morgan fingerprint density at radius 3 is 2.32 bits per heavy atom. The lowest BCUT2D eigenvalue weighted by molar-refractivity contribution is 0.0954. The lowest BCUT2D eigenvalue weighted by atomic mass is 10.1. The van der Waals surface area contributed by atoms with E-state index in [1.807, 2.05) is 13.0 Å². The van der Waals surface area contributed by atoms with Gasteiger partial charge in [-0.2, -0.15) is 0 Å². The van der Waals surface area contributed by atoms with E-state index in [2.05, 4.69) is 17.6 Å². The molecule has 0 radical (unpaired) electrons. The number of carbonyl (C=O) groups is 2. The van der Waals surface area contributed by atoms with Crippen LogP contribution in [0.15, 0.2) is 48.5 Å². The quantitative estimate of drug-likeness (QED) is 0.717. The Morgan fingerprint density at radius 1 is 0.920 bits per heavy atom. The van der Waals surface area contributed by atoms with Gasteiger partial charge in [0.2, 0.25) is 0 Å². The van der Waals surface area contributed by atoms with Gasteiger partial charge in [-0.3, -0.25) is 9.59 Å². The summed E-state index contributed by atoms with van der Waals surface area (Å²) >= 11 is 0. The molecule has 132 valence electrons. The highest BCUT2D eigenvalue weighted by Gasteiger charge is 2.16. The highest BCUT2D eigenvalue weighted by Crippen LogP contribution is 2.21. The molecule has 0 aromatic heterocycles. The molecule has 0 unspecified atom stereocenters. The Labute approximate surface area is 148 Å². The second kappa shape index (κ2) is 9.47. The number of rotatable bonds is 8. The summed E-state index contributed by atoms with van der Waals surface area (Å²) in [6, 6.07) is 14.0. The van der Waals surface area contributed by atoms with Gasteiger partial charge in [0.15, 0.2) is 0 Å². The van der Waals surface area contributed by atoms with E-state index in [1.165, 1.54) is 0 Å². The molecule has 0 aliphatic rings. The van der Waals surface area contributed by atoms with E-state index < -0.39 is 0 Å². The average molecular weight is 340 g/mol. The first-order valence-corrected chi connectivity index (χ1v) is 8.57. The number of unbranched alkanes of at least 4 members (excludes halogenated alkanes) is 1. The zero-order chi connectivity index (χ0) is 18.1. The Hall–Kier alpha value is -2.82. The molecule has 2 amide bonds. The molecule has 5 heteroatoms. The van der Waals surface area contributed by atoms with E-state index in [0.29, 0.717) is 35.7 Å². The molecule has 2 N–H and O–H groups in total. The summed E-state index contributed by atoms with van der Waals surface area (Å²) in [5.41, 5.74) is 1.36. The number of benzene rings is 2. The third-order valence-electron chi connectivity index (χ3n) is 3.67. The highest BCUT2D eigenvalue weighted by molar-refractivity contribution is 6.10. The molecular formula is C20H24N2O3. The normalized spacial score (nSPS) is 10.2. The molecule has 0 spiro atoms. The summed E-state index contributed by atoms with van der Waals surface area (Å²) in [7, 11) is 0. The van der Waals surface area contributed by atoms with Crippen molar-refractivity contribution in [2.75, 3.05) is 18.5 Å². The largest absolute Gasteiger partial charge is 0.493 e. The number of hydrogen-bond donors (Lipinski definition) is 2. The molecule has 0 bridgehead atoms. The van der Waals surface area contributed by atoms with Crippen LogP contribution in [0.25, 0.3) is 0 Å². The zero-order valence-electron chi connectivity index (χ0n) is 14.7. The van der Waals surface area contributed by atoms with Crippen LogP contribution in [0.3, 0.4) is 0 Å². The number of anilines is 1. The summed E-state index contributed by atoms with van der Waals surface area (Å²) in [4.78, 5) is 25.0. The van der Waals surface area contributed by atoms with Gasteiger partial charge in [-0.1, -0.05) is 37.6 Å². The van der Waals surface area contributed by atoms with Crippen LogP contribution in [0.2, 0.25) is 0 Å². The van der Waals surface area contributed by atoms with Crippen molar-refractivity contribution in [3.05, 3.63) is 59.7 Å². The Bertz CT molecular complexity index is 728. The summed E-state index contributed by atoms with van der Waals surface area (Å²) < 4.78 is 5.50. The number of para-hydroxylation sites is 2. The standard InChI is InChI=1S/C20H24N2O3/c1-3-5-14-21-19(23)15-10-6-8-12-17(15)22-20(24)16-11-7-9-13-18(16)25-4-2/h6-13H,3-5,14H2,1-2H3,(H,21,23)(H,22,24). The maximum Gasteiger partial charge on any atom is 0.259 e. The first-order valence-electron chi connectivity index (χ1n) is 8.57. The van der Waals surface area contributed by atoms with Crippen LogP contribution >= 0.6 is 0 Å². The van der Waals surface area contributed by atoms with E-state index in [4.69, 9.17) is 4.74 Å². The fourth-order valence-corrected chi connectivity index (χ4v) is 2.39. The van der Waals surface area contributed by atoms with E-state index in [1.54, 1.807) is 42.5 Å². The van der Waals surface area contributed by atoms with Crippen molar-refractivity contribution in [3.8, 4) is 5.75 Å². The first kappa shape index (κ1) is 18.5. The topological polar surface area (TPSA) is 67.4 Å². The third kappa shape index (κ3) is 5.08. The first-order chi connectivity index (χ1) is 12.2. The molecule has 0 atom stereocenters.